The molecule has 0 bridgehead atoms. The maximum Gasteiger partial charge on any atom is 0.261 e. The van der Waals surface area contributed by atoms with Gasteiger partial charge >= 0.3 is 0 Å². The molecule has 1 fully saturated rings. The van der Waals surface area contributed by atoms with Gasteiger partial charge in [-0.2, -0.15) is 0 Å². The van der Waals surface area contributed by atoms with Crippen LogP contribution in [0.15, 0.2) is 6.07 Å². The quantitative estimate of drug-likeness (QED) is 0.846. The summed E-state index contributed by atoms with van der Waals surface area (Å²) in [6, 6.07) is 2.03. The van der Waals surface area contributed by atoms with Crippen molar-refractivity contribution in [2.45, 2.75) is 52.4 Å². The molecule has 4 heteroatoms. The summed E-state index contributed by atoms with van der Waals surface area (Å²) < 4.78 is 0. The van der Waals surface area contributed by atoms with Crippen molar-refractivity contribution < 1.29 is 9.90 Å². The van der Waals surface area contributed by atoms with Gasteiger partial charge in [-0.1, -0.05) is 26.2 Å². The first kappa shape index (κ1) is 15.5. The van der Waals surface area contributed by atoms with Crippen LogP contribution < -0.4 is 5.32 Å². The van der Waals surface area contributed by atoms with E-state index < -0.39 is 0 Å². The lowest BCUT2D eigenvalue weighted by Crippen LogP contribution is -2.38. The first-order chi connectivity index (χ1) is 9.60. The van der Waals surface area contributed by atoms with Gasteiger partial charge in [-0.15, -0.1) is 11.3 Å². The van der Waals surface area contributed by atoms with Crippen LogP contribution in [0.3, 0.4) is 0 Å². The number of hydrogen-bond donors (Lipinski definition) is 2. The number of carbonyl (C=O) groups excluding carboxylic acids is 1. The molecule has 1 aliphatic rings. The van der Waals surface area contributed by atoms with E-state index in [4.69, 9.17) is 0 Å². The van der Waals surface area contributed by atoms with Crippen molar-refractivity contribution >= 4 is 17.2 Å². The average molecular weight is 295 g/mol. The highest BCUT2D eigenvalue weighted by Crippen LogP contribution is 2.37. The fraction of sp³-hybridized carbons (Fsp3) is 0.688. The van der Waals surface area contributed by atoms with E-state index in [1.54, 1.807) is 11.3 Å². The maximum atomic E-state index is 12.2. The maximum absolute atomic E-state index is 12.2. The summed E-state index contributed by atoms with van der Waals surface area (Å²) in [6.45, 7) is 5.01. The van der Waals surface area contributed by atoms with Gasteiger partial charge in [-0.25, -0.2) is 0 Å². The Labute approximate surface area is 125 Å². The van der Waals surface area contributed by atoms with Crippen molar-refractivity contribution in [2.24, 2.45) is 5.41 Å². The standard InChI is InChI=1S/C16H25NO2S/c1-3-6-13-9-14(20-12(13)2)15(19)17-10-16(11-18)7-4-5-8-16/h9,18H,3-8,10-11H2,1-2H3,(H,17,19). The molecule has 20 heavy (non-hydrogen) atoms. The minimum absolute atomic E-state index is 0.0141. The smallest absolute Gasteiger partial charge is 0.261 e. The SMILES string of the molecule is CCCc1cc(C(=O)NCC2(CO)CCCC2)sc1C. The highest BCUT2D eigenvalue weighted by atomic mass is 32.1. The van der Waals surface area contributed by atoms with Crippen LogP contribution in [0.2, 0.25) is 0 Å². The Balaban J connectivity index is 1.96. The molecule has 2 N–H and O–H groups in total. The Morgan fingerprint density at radius 1 is 1.45 bits per heavy atom. The number of aryl methyl sites for hydroxylation is 2. The van der Waals surface area contributed by atoms with Crippen molar-refractivity contribution in [2.75, 3.05) is 13.2 Å². The average Bonchev–Trinajstić information content (AvgIpc) is 3.05. The number of thiophene rings is 1. The van der Waals surface area contributed by atoms with Crippen molar-refractivity contribution in [1.29, 1.82) is 0 Å². The van der Waals surface area contributed by atoms with Gasteiger partial charge in [0.2, 0.25) is 0 Å². The summed E-state index contributed by atoms with van der Waals surface area (Å²) in [7, 11) is 0. The van der Waals surface area contributed by atoms with E-state index in [9.17, 15) is 9.90 Å². The zero-order valence-electron chi connectivity index (χ0n) is 12.5. The zero-order chi connectivity index (χ0) is 14.6. The van der Waals surface area contributed by atoms with Crippen LogP contribution >= 0.6 is 11.3 Å². The van der Waals surface area contributed by atoms with E-state index >= 15 is 0 Å². The first-order valence-corrected chi connectivity index (χ1v) is 8.40. The van der Waals surface area contributed by atoms with E-state index in [0.717, 1.165) is 43.4 Å². The molecule has 1 saturated carbocycles. The predicted molar refractivity (Wildman–Crippen MR) is 83.4 cm³/mol. The Hall–Kier alpha value is -0.870. The highest BCUT2D eigenvalue weighted by molar-refractivity contribution is 7.14. The van der Waals surface area contributed by atoms with Gasteiger partial charge in [0.15, 0.2) is 0 Å². The molecule has 0 unspecified atom stereocenters. The molecule has 1 aromatic rings. The number of rotatable bonds is 6. The normalized spacial score (nSPS) is 17.4. The molecule has 1 aromatic heterocycles. The number of amides is 1. The zero-order valence-corrected chi connectivity index (χ0v) is 13.3. The summed E-state index contributed by atoms with van der Waals surface area (Å²) in [5.74, 6) is 0.0141. The van der Waals surface area contributed by atoms with Crippen molar-refractivity contribution in [3.63, 3.8) is 0 Å². The van der Waals surface area contributed by atoms with Crippen LogP contribution in [0.5, 0.6) is 0 Å². The Kier molecular flexibility index (Phi) is 5.22. The Morgan fingerprint density at radius 2 is 2.15 bits per heavy atom. The van der Waals surface area contributed by atoms with E-state index in [0.29, 0.717) is 6.54 Å². The third-order valence-corrected chi connectivity index (χ3v) is 5.48. The number of aliphatic hydroxyl groups is 1. The highest BCUT2D eigenvalue weighted by Gasteiger charge is 2.33. The Morgan fingerprint density at radius 3 is 2.75 bits per heavy atom. The molecule has 1 amide bonds. The Bertz CT molecular complexity index is 461. The largest absolute Gasteiger partial charge is 0.396 e. The van der Waals surface area contributed by atoms with Crippen LogP contribution in [0, 0.1) is 12.3 Å². The van der Waals surface area contributed by atoms with Crippen molar-refractivity contribution in [3.8, 4) is 0 Å². The third kappa shape index (κ3) is 3.41. The molecule has 2 rings (SSSR count). The lowest BCUT2D eigenvalue weighted by molar-refractivity contribution is 0.0884. The fourth-order valence-electron chi connectivity index (χ4n) is 3.02. The second-order valence-electron chi connectivity index (χ2n) is 5.99. The van der Waals surface area contributed by atoms with Gasteiger partial charge in [0, 0.05) is 16.8 Å². The van der Waals surface area contributed by atoms with Crippen LogP contribution in [0.25, 0.3) is 0 Å². The van der Waals surface area contributed by atoms with Crippen molar-refractivity contribution in [3.05, 3.63) is 21.4 Å². The monoisotopic (exact) mass is 295 g/mol. The van der Waals surface area contributed by atoms with Crippen molar-refractivity contribution in [1.82, 2.24) is 5.32 Å². The van der Waals surface area contributed by atoms with E-state index in [1.807, 2.05) is 6.07 Å². The van der Waals surface area contributed by atoms with Crippen LogP contribution in [0.4, 0.5) is 0 Å². The van der Waals surface area contributed by atoms with E-state index in [1.165, 1.54) is 10.4 Å². The lowest BCUT2D eigenvalue weighted by atomic mass is 9.87. The predicted octanol–water partition coefficient (Wildman–Crippen LogP) is 3.29. The second-order valence-corrected chi connectivity index (χ2v) is 7.25. The van der Waals surface area contributed by atoms with Gasteiger partial charge in [-0.3, -0.25) is 4.79 Å². The molecular weight excluding hydrogens is 270 g/mol. The molecule has 1 heterocycles. The minimum atomic E-state index is -0.0752. The molecule has 0 aliphatic heterocycles. The summed E-state index contributed by atoms with van der Waals surface area (Å²) in [6.07, 6.45) is 6.51. The van der Waals surface area contributed by atoms with E-state index in [2.05, 4.69) is 19.2 Å². The van der Waals surface area contributed by atoms with Gasteiger partial charge in [0.05, 0.1) is 11.5 Å². The summed E-state index contributed by atoms with van der Waals surface area (Å²) in [4.78, 5) is 14.3. The van der Waals surface area contributed by atoms with E-state index in [-0.39, 0.29) is 17.9 Å². The molecular formula is C16H25NO2S. The minimum Gasteiger partial charge on any atom is -0.396 e. The number of hydrogen-bond acceptors (Lipinski definition) is 3. The van der Waals surface area contributed by atoms with Gasteiger partial charge in [0.25, 0.3) is 5.91 Å². The third-order valence-electron chi connectivity index (χ3n) is 4.39. The van der Waals surface area contributed by atoms with Crippen LogP contribution in [0.1, 0.15) is 59.1 Å². The summed E-state index contributed by atoms with van der Waals surface area (Å²) in [5.41, 5.74) is 1.22. The van der Waals surface area contributed by atoms with Crippen LogP contribution in [-0.2, 0) is 6.42 Å². The number of carbonyl (C=O) groups is 1. The number of aliphatic hydroxyl groups excluding tert-OH is 1. The second kappa shape index (κ2) is 6.72. The van der Waals surface area contributed by atoms with Gasteiger partial charge < -0.3 is 10.4 Å². The topological polar surface area (TPSA) is 49.3 Å². The molecule has 0 saturated heterocycles. The molecule has 0 spiro atoms. The molecule has 3 nitrogen and oxygen atoms in total. The van der Waals surface area contributed by atoms with Gasteiger partial charge in [0.1, 0.15) is 0 Å². The fourth-order valence-corrected chi connectivity index (χ4v) is 4.01. The van der Waals surface area contributed by atoms with Gasteiger partial charge in [-0.05, 0) is 37.8 Å². The molecule has 0 aromatic carbocycles. The summed E-state index contributed by atoms with van der Waals surface area (Å²) >= 11 is 1.58. The first-order valence-electron chi connectivity index (χ1n) is 7.58. The molecule has 0 radical (unpaired) electrons. The molecule has 1 aliphatic carbocycles. The number of nitrogens with one attached hydrogen (secondary N) is 1. The lowest BCUT2D eigenvalue weighted by Gasteiger charge is -2.26. The summed E-state index contributed by atoms with van der Waals surface area (Å²) in [5, 5.41) is 12.6. The molecule has 0 atom stereocenters. The molecule has 112 valence electrons. The van der Waals surface area contributed by atoms with Crippen LogP contribution in [-0.4, -0.2) is 24.2 Å².